The van der Waals surface area contributed by atoms with Gasteiger partial charge in [-0.05, 0) is 41.7 Å². The second-order valence-corrected chi connectivity index (χ2v) is 9.73. The van der Waals surface area contributed by atoms with E-state index in [4.69, 9.17) is 0 Å². The van der Waals surface area contributed by atoms with Gasteiger partial charge in [-0.3, -0.25) is 0 Å². The van der Waals surface area contributed by atoms with Crippen molar-refractivity contribution in [2.24, 2.45) is 0 Å². The van der Waals surface area contributed by atoms with Crippen LogP contribution in [-0.2, 0) is 12.8 Å². The number of rotatable bonds is 1. The van der Waals surface area contributed by atoms with Gasteiger partial charge in [-0.25, -0.2) is 0 Å². The molecule has 1 aromatic carbocycles. The lowest BCUT2D eigenvalue weighted by atomic mass is 10.0. The average Bonchev–Trinajstić information content (AvgIpc) is 2.58. The van der Waals surface area contributed by atoms with E-state index in [0.717, 1.165) is 0 Å². The zero-order valence-corrected chi connectivity index (χ0v) is 11.1. The van der Waals surface area contributed by atoms with E-state index in [-0.39, 0.29) is 0 Å². The fourth-order valence-electron chi connectivity index (χ4n) is 3.68. The summed E-state index contributed by atoms with van der Waals surface area (Å²) in [6.07, 6.45) is 2.43. The summed E-state index contributed by atoms with van der Waals surface area (Å²) in [7, 11) is -1.29. The summed E-state index contributed by atoms with van der Waals surface area (Å²) in [6.45, 7) is 9.68. The quantitative estimate of drug-likeness (QED) is 0.630. The molecule has 0 fully saturated rings. The summed E-state index contributed by atoms with van der Waals surface area (Å²) in [4.78, 5) is 0. The molecule has 2 bridgehead atoms. The van der Waals surface area contributed by atoms with Crippen LogP contribution in [0.1, 0.15) is 30.5 Å². The Morgan fingerprint density at radius 2 is 2.00 bits per heavy atom. The van der Waals surface area contributed by atoms with Crippen molar-refractivity contribution in [1.29, 1.82) is 0 Å². The first kappa shape index (κ1) is 9.41. The Bertz CT molecular complexity index is 492. The van der Waals surface area contributed by atoms with Crippen molar-refractivity contribution < 1.29 is 0 Å². The molecule has 1 aromatic rings. The van der Waals surface area contributed by atoms with Crippen molar-refractivity contribution in [3.05, 3.63) is 34.4 Å². The molecule has 1 aliphatic carbocycles. The van der Waals surface area contributed by atoms with Crippen molar-refractivity contribution in [1.82, 2.24) is 0 Å². The van der Waals surface area contributed by atoms with Crippen molar-refractivity contribution in [2.45, 2.75) is 39.8 Å². The van der Waals surface area contributed by atoms with Crippen molar-refractivity contribution in [2.75, 3.05) is 0 Å². The van der Waals surface area contributed by atoms with Crippen LogP contribution in [0.3, 0.4) is 0 Å². The normalized spacial score (nSPS) is 20.3. The molecule has 1 aliphatic heterocycles. The van der Waals surface area contributed by atoms with Gasteiger partial charge in [0.1, 0.15) is 8.07 Å². The maximum absolute atomic E-state index is 2.52. The molecular formula is C14H18Si. The molecule has 0 aromatic heterocycles. The number of hydrogen-bond acceptors (Lipinski definition) is 0. The number of allylic oxidation sites excluding steroid dienone is 1. The number of fused-ring (bicyclic) bond motifs is 1. The number of benzene rings is 1. The molecule has 0 atom stereocenters. The Hall–Kier alpha value is -0.823. The predicted molar refractivity (Wildman–Crippen MR) is 69.2 cm³/mol. The Morgan fingerprint density at radius 1 is 1.27 bits per heavy atom. The Balaban J connectivity index is 2.43. The van der Waals surface area contributed by atoms with Crippen molar-refractivity contribution in [3.8, 4) is 0 Å². The smallest absolute Gasteiger partial charge is 0.0686 e. The van der Waals surface area contributed by atoms with Crippen LogP contribution in [0.25, 0.3) is 5.20 Å². The molecule has 0 saturated heterocycles. The van der Waals surface area contributed by atoms with Gasteiger partial charge in [-0.15, -0.1) is 0 Å². The minimum atomic E-state index is -1.29. The molecule has 78 valence electrons. The van der Waals surface area contributed by atoms with Crippen LogP contribution >= 0.6 is 0 Å². The monoisotopic (exact) mass is 214 g/mol. The lowest BCUT2D eigenvalue weighted by Crippen LogP contribution is -2.40. The van der Waals surface area contributed by atoms with E-state index in [1.165, 1.54) is 12.8 Å². The van der Waals surface area contributed by atoms with E-state index in [1.54, 1.807) is 32.6 Å². The van der Waals surface area contributed by atoms with Gasteiger partial charge in [0.05, 0.1) is 0 Å². The second-order valence-electron chi connectivity index (χ2n) is 5.44. The highest BCUT2D eigenvalue weighted by atomic mass is 28.3. The average molecular weight is 214 g/mol. The van der Waals surface area contributed by atoms with Crippen molar-refractivity contribution in [3.63, 3.8) is 0 Å². The maximum atomic E-state index is 2.52. The number of hydrogen-bond donors (Lipinski definition) is 0. The highest BCUT2D eigenvalue weighted by molar-refractivity contribution is 7.06. The lowest BCUT2D eigenvalue weighted by molar-refractivity contribution is 1.13. The maximum Gasteiger partial charge on any atom is 0.113 e. The van der Waals surface area contributed by atoms with Gasteiger partial charge in [0, 0.05) is 0 Å². The molecule has 0 radical (unpaired) electrons. The van der Waals surface area contributed by atoms with E-state index in [9.17, 15) is 0 Å². The van der Waals surface area contributed by atoms with E-state index < -0.39 is 8.07 Å². The van der Waals surface area contributed by atoms with E-state index >= 15 is 0 Å². The highest BCUT2D eigenvalue weighted by Gasteiger charge is 2.43. The third-order valence-corrected chi connectivity index (χ3v) is 7.93. The van der Waals surface area contributed by atoms with Gasteiger partial charge < -0.3 is 0 Å². The van der Waals surface area contributed by atoms with Crippen LogP contribution < -0.4 is 5.19 Å². The van der Waals surface area contributed by atoms with Crippen LogP contribution in [0.2, 0.25) is 13.1 Å². The van der Waals surface area contributed by atoms with Gasteiger partial charge in [0.2, 0.25) is 0 Å². The van der Waals surface area contributed by atoms with Gasteiger partial charge in [-0.2, -0.15) is 0 Å². The molecule has 2 aliphatic rings. The molecular weight excluding hydrogens is 196 g/mol. The molecule has 3 rings (SSSR count). The lowest BCUT2D eigenvalue weighted by Gasteiger charge is -2.20. The third-order valence-electron chi connectivity index (χ3n) is 4.18. The topological polar surface area (TPSA) is 0 Å². The minimum Gasteiger partial charge on any atom is -0.0686 e. The van der Waals surface area contributed by atoms with Gasteiger partial charge in [0.25, 0.3) is 0 Å². The fourth-order valence-corrected chi connectivity index (χ4v) is 7.59. The Labute approximate surface area is 93.0 Å². The first-order valence-corrected chi connectivity index (χ1v) is 8.93. The van der Waals surface area contributed by atoms with Crippen LogP contribution in [0.5, 0.6) is 0 Å². The predicted octanol–water partition coefficient (Wildman–Crippen LogP) is 3.05. The van der Waals surface area contributed by atoms with Crippen LogP contribution in [0.4, 0.5) is 0 Å². The molecule has 1 heterocycles. The van der Waals surface area contributed by atoms with Crippen LogP contribution in [0, 0.1) is 0 Å². The fraction of sp³-hybridized carbons (Fsp3) is 0.429. The summed E-state index contributed by atoms with van der Waals surface area (Å²) in [5, 5.41) is 3.48. The summed E-state index contributed by atoms with van der Waals surface area (Å²) >= 11 is 0. The SMILES string of the molecule is CCc1c2ccc3c1C(=C(C)C3)[Si]2(C)C. The first-order chi connectivity index (χ1) is 7.07. The summed E-state index contributed by atoms with van der Waals surface area (Å²) < 4.78 is 0. The molecule has 0 saturated carbocycles. The first-order valence-electron chi connectivity index (χ1n) is 5.93. The summed E-state index contributed by atoms with van der Waals surface area (Å²) in [6, 6.07) is 4.80. The molecule has 0 N–H and O–H groups in total. The van der Waals surface area contributed by atoms with Crippen molar-refractivity contribution >= 4 is 18.5 Å². The zero-order valence-electron chi connectivity index (χ0n) is 10.1. The van der Waals surface area contributed by atoms with Gasteiger partial charge in [-0.1, -0.05) is 42.9 Å². The van der Waals surface area contributed by atoms with Crippen LogP contribution in [-0.4, -0.2) is 8.07 Å². The third kappa shape index (κ3) is 0.925. The molecule has 15 heavy (non-hydrogen) atoms. The Morgan fingerprint density at radius 3 is 2.67 bits per heavy atom. The molecule has 0 amide bonds. The summed E-state index contributed by atoms with van der Waals surface area (Å²) in [5.41, 5.74) is 6.60. The molecule has 0 unspecified atom stereocenters. The van der Waals surface area contributed by atoms with Crippen LogP contribution in [0.15, 0.2) is 17.7 Å². The largest absolute Gasteiger partial charge is 0.113 e. The van der Waals surface area contributed by atoms with E-state index in [1.807, 2.05) is 0 Å². The minimum absolute atomic E-state index is 1.21. The van der Waals surface area contributed by atoms with E-state index in [2.05, 4.69) is 39.1 Å². The highest BCUT2D eigenvalue weighted by Crippen LogP contribution is 2.45. The van der Waals surface area contributed by atoms with Gasteiger partial charge in [0.15, 0.2) is 0 Å². The molecule has 1 heteroatoms. The summed E-state index contributed by atoms with van der Waals surface area (Å²) in [5.74, 6) is 0. The standard InChI is InChI=1S/C14H18Si/c1-5-11-12-7-6-10-8-9(2)14(13(10)11)15(12,3)4/h6-7H,5,8H2,1-4H3. The Kier molecular flexibility index (Phi) is 1.66. The second kappa shape index (κ2) is 2.65. The van der Waals surface area contributed by atoms with E-state index in [0.29, 0.717) is 0 Å². The molecule has 0 spiro atoms. The molecule has 0 nitrogen and oxygen atoms in total. The van der Waals surface area contributed by atoms with Gasteiger partial charge >= 0.3 is 0 Å². The zero-order chi connectivity index (χ0) is 10.8.